The van der Waals surface area contributed by atoms with Crippen molar-refractivity contribution in [2.45, 2.75) is 97.4 Å². The van der Waals surface area contributed by atoms with Crippen molar-refractivity contribution in [3.05, 3.63) is 71.8 Å². The number of unbranched alkanes of at least 4 members (excludes halogenated alkanes) is 2. The number of phenols is 1. The van der Waals surface area contributed by atoms with E-state index >= 15 is 0 Å². The molecule has 224 valence electrons. The molecule has 0 saturated carbocycles. The summed E-state index contributed by atoms with van der Waals surface area (Å²) in [6.07, 6.45) is 3.59. The van der Waals surface area contributed by atoms with Gasteiger partial charge in [-0.2, -0.15) is 0 Å². The van der Waals surface area contributed by atoms with Gasteiger partial charge in [0.05, 0.1) is 0 Å². The number of carbonyl (C=O) groups excluding carboxylic acids is 3. The molecule has 2 unspecified atom stereocenters. The maximum Gasteiger partial charge on any atom is 0.408 e. The first kappa shape index (κ1) is 33.4. The van der Waals surface area contributed by atoms with Gasteiger partial charge >= 0.3 is 6.09 Å². The number of hydrogen-bond donors (Lipinski definition) is 3. The quantitative estimate of drug-likeness (QED) is 0.268. The molecule has 0 heterocycles. The van der Waals surface area contributed by atoms with E-state index in [2.05, 4.69) is 24.1 Å². The fraction of sp³-hybridized carbons (Fsp3) is 0.485. The van der Waals surface area contributed by atoms with Gasteiger partial charge in [0.25, 0.3) is 0 Å². The van der Waals surface area contributed by atoms with Crippen LogP contribution in [-0.2, 0) is 20.7 Å². The Morgan fingerprint density at radius 3 is 2.24 bits per heavy atom. The summed E-state index contributed by atoms with van der Waals surface area (Å²) >= 11 is 0. The molecule has 0 aliphatic rings. The maximum absolute atomic E-state index is 14.5. The Kier molecular flexibility index (Phi) is 12.0. The Balaban J connectivity index is 2.62. The monoisotopic (exact) mass is 565 g/mol. The van der Waals surface area contributed by atoms with Gasteiger partial charge in [0.2, 0.25) is 11.8 Å². The molecule has 0 aliphatic carbocycles. The summed E-state index contributed by atoms with van der Waals surface area (Å²) in [4.78, 5) is 42.8. The number of phenolic OH excluding ortho intramolecular Hbond substituents is 1. The number of nitrogens with zero attached hydrogens (tertiary/aromatic N) is 1. The Morgan fingerprint density at radius 1 is 1.02 bits per heavy atom. The molecule has 3 N–H and O–H groups in total. The number of carbonyl (C=O) groups is 3. The summed E-state index contributed by atoms with van der Waals surface area (Å²) < 4.78 is 5.49. The van der Waals surface area contributed by atoms with Crippen molar-refractivity contribution >= 4 is 24.0 Å². The van der Waals surface area contributed by atoms with Crippen molar-refractivity contribution in [2.24, 2.45) is 0 Å². The number of rotatable bonds is 12. The summed E-state index contributed by atoms with van der Waals surface area (Å²) in [5.41, 5.74) is 0.898. The number of hydrogen-bond acceptors (Lipinski definition) is 5. The Morgan fingerprint density at radius 2 is 1.68 bits per heavy atom. The van der Waals surface area contributed by atoms with Gasteiger partial charge in [0.15, 0.2) is 0 Å². The highest BCUT2D eigenvalue weighted by atomic mass is 16.6. The second-order valence-corrected chi connectivity index (χ2v) is 12.3. The van der Waals surface area contributed by atoms with Gasteiger partial charge in [-0.1, -0.05) is 62.8 Å². The van der Waals surface area contributed by atoms with Crippen molar-refractivity contribution in [3.8, 4) is 5.75 Å². The Labute approximate surface area is 245 Å². The molecule has 2 aromatic carbocycles. The summed E-state index contributed by atoms with van der Waals surface area (Å²) in [5.74, 6) is -0.624. The SMILES string of the molecule is C=Cc1cccc(C(C(=O)NC(C)(C)C)N(CCCCC)C(=O)C(Cc2ccc(O)cc2)NC(=O)OC(C)(C)C)c1. The molecular weight excluding hydrogens is 518 g/mol. The van der Waals surface area contributed by atoms with Crippen LogP contribution in [0.3, 0.4) is 0 Å². The first-order chi connectivity index (χ1) is 19.1. The van der Waals surface area contributed by atoms with E-state index < -0.39 is 35.2 Å². The van der Waals surface area contributed by atoms with Gasteiger partial charge in [-0.15, -0.1) is 0 Å². The van der Waals surface area contributed by atoms with E-state index in [1.54, 1.807) is 43.9 Å². The smallest absolute Gasteiger partial charge is 0.408 e. The number of alkyl carbamates (subject to hydrolysis) is 1. The van der Waals surface area contributed by atoms with Crippen LogP contribution in [0.5, 0.6) is 5.75 Å². The van der Waals surface area contributed by atoms with Crippen LogP contribution in [0.4, 0.5) is 4.79 Å². The highest BCUT2D eigenvalue weighted by Gasteiger charge is 2.37. The topological polar surface area (TPSA) is 108 Å². The van der Waals surface area contributed by atoms with Gasteiger partial charge in [0.1, 0.15) is 23.4 Å². The molecule has 2 rings (SSSR count). The highest BCUT2D eigenvalue weighted by Crippen LogP contribution is 2.26. The molecule has 2 aromatic rings. The van der Waals surface area contributed by atoms with E-state index in [0.717, 1.165) is 24.0 Å². The van der Waals surface area contributed by atoms with Crippen LogP contribution in [0.15, 0.2) is 55.1 Å². The first-order valence-electron chi connectivity index (χ1n) is 14.3. The molecule has 0 spiro atoms. The third kappa shape index (κ3) is 11.3. The van der Waals surface area contributed by atoms with Gasteiger partial charge in [-0.05, 0) is 82.9 Å². The van der Waals surface area contributed by atoms with Crippen LogP contribution in [0.1, 0.15) is 90.5 Å². The molecule has 2 atom stereocenters. The average Bonchev–Trinajstić information content (AvgIpc) is 2.86. The first-order valence-corrected chi connectivity index (χ1v) is 14.3. The minimum Gasteiger partial charge on any atom is -0.508 e. The van der Waals surface area contributed by atoms with Crippen LogP contribution in [0.25, 0.3) is 6.08 Å². The Hall–Kier alpha value is -3.81. The fourth-order valence-electron chi connectivity index (χ4n) is 4.38. The lowest BCUT2D eigenvalue weighted by Gasteiger charge is -2.36. The number of benzene rings is 2. The molecule has 41 heavy (non-hydrogen) atoms. The molecule has 3 amide bonds. The molecular formula is C33H47N3O5. The minimum atomic E-state index is -1.02. The molecule has 8 nitrogen and oxygen atoms in total. The van der Waals surface area contributed by atoms with E-state index in [1.807, 2.05) is 45.0 Å². The Bertz CT molecular complexity index is 1180. The zero-order chi connectivity index (χ0) is 30.8. The molecule has 0 saturated heterocycles. The van der Waals surface area contributed by atoms with Crippen LogP contribution in [0.2, 0.25) is 0 Å². The van der Waals surface area contributed by atoms with E-state index in [1.165, 1.54) is 12.1 Å². The second kappa shape index (κ2) is 14.7. The maximum atomic E-state index is 14.5. The van der Waals surface area contributed by atoms with Crippen LogP contribution >= 0.6 is 0 Å². The van der Waals surface area contributed by atoms with Crippen molar-refractivity contribution in [1.29, 1.82) is 0 Å². The zero-order valence-corrected chi connectivity index (χ0v) is 25.6. The normalized spacial score (nSPS) is 13.0. The summed E-state index contributed by atoms with van der Waals surface area (Å²) in [7, 11) is 0. The standard InChI is InChI=1S/C33H47N3O5/c1-9-11-12-20-36(28(29(38)35-32(3,4)5)25-15-13-14-23(10-2)21-25)30(39)27(34-31(40)41-33(6,7)8)22-24-16-18-26(37)19-17-24/h10,13-19,21,27-28,37H,2,9,11-12,20,22H2,1,3-8H3,(H,34,40)(H,35,38). The molecule has 0 aliphatic heterocycles. The van der Waals surface area contributed by atoms with Gasteiger partial charge in [-0.25, -0.2) is 4.79 Å². The van der Waals surface area contributed by atoms with E-state index in [9.17, 15) is 19.5 Å². The van der Waals surface area contributed by atoms with Crippen LogP contribution in [-0.4, -0.2) is 51.6 Å². The third-order valence-electron chi connectivity index (χ3n) is 6.17. The second-order valence-electron chi connectivity index (χ2n) is 12.3. The van der Waals surface area contributed by atoms with Crippen molar-refractivity contribution in [3.63, 3.8) is 0 Å². The van der Waals surface area contributed by atoms with Crippen molar-refractivity contribution in [1.82, 2.24) is 15.5 Å². The average molecular weight is 566 g/mol. The van der Waals surface area contributed by atoms with Gasteiger partial charge < -0.3 is 25.4 Å². The number of amides is 3. The van der Waals surface area contributed by atoms with E-state index in [-0.39, 0.29) is 18.1 Å². The molecule has 0 aromatic heterocycles. The predicted octanol–water partition coefficient (Wildman–Crippen LogP) is 6.15. The number of aromatic hydroxyl groups is 1. The lowest BCUT2D eigenvalue weighted by atomic mass is 9.97. The zero-order valence-electron chi connectivity index (χ0n) is 25.6. The largest absolute Gasteiger partial charge is 0.508 e. The lowest BCUT2D eigenvalue weighted by molar-refractivity contribution is -0.143. The third-order valence-corrected chi connectivity index (χ3v) is 6.17. The minimum absolute atomic E-state index is 0.0962. The number of nitrogens with one attached hydrogen (secondary N) is 2. The highest BCUT2D eigenvalue weighted by molar-refractivity contribution is 5.92. The van der Waals surface area contributed by atoms with Crippen LogP contribution in [0, 0.1) is 0 Å². The number of ether oxygens (including phenoxy) is 1. The summed E-state index contributed by atoms with van der Waals surface area (Å²) in [6, 6.07) is 11.9. The lowest BCUT2D eigenvalue weighted by Crippen LogP contribution is -2.55. The molecule has 8 heteroatoms. The predicted molar refractivity (Wildman–Crippen MR) is 163 cm³/mol. The van der Waals surface area contributed by atoms with Crippen molar-refractivity contribution < 1.29 is 24.2 Å². The summed E-state index contributed by atoms with van der Waals surface area (Å²) in [5, 5.41) is 15.6. The molecule has 0 bridgehead atoms. The van der Waals surface area contributed by atoms with Gasteiger partial charge in [0, 0.05) is 18.5 Å². The van der Waals surface area contributed by atoms with Gasteiger partial charge in [-0.3, -0.25) is 9.59 Å². The van der Waals surface area contributed by atoms with Crippen molar-refractivity contribution in [2.75, 3.05) is 6.54 Å². The fourth-order valence-corrected chi connectivity index (χ4v) is 4.38. The molecule has 0 radical (unpaired) electrons. The van der Waals surface area contributed by atoms with Crippen LogP contribution < -0.4 is 10.6 Å². The van der Waals surface area contributed by atoms with E-state index in [0.29, 0.717) is 18.5 Å². The molecule has 0 fully saturated rings. The summed E-state index contributed by atoms with van der Waals surface area (Å²) in [6.45, 7) is 17.2. The van der Waals surface area contributed by atoms with E-state index in [4.69, 9.17) is 4.74 Å².